The predicted molar refractivity (Wildman–Crippen MR) is 139 cm³/mol. The van der Waals surface area contributed by atoms with E-state index in [9.17, 15) is 23.1 Å². The van der Waals surface area contributed by atoms with Crippen molar-refractivity contribution >= 4 is 17.5 Å². The first-order valence-corrected chi connectivity index (χ1v) is 12.8. The molecule has 11 nitrogen and oxygen atoms in total. The number of nitrogens with zero attached hydrogens (tertiary/aromatic N) is 3. The van der Waals surface area contributed by atoms with Gasteiger partial charge in [0, 0.05) is 37.1 Å². The van der Waals surface area contributed by atoms with Crippen LogP contribution in [0.4, 0.5) is 29.2 Å². The molecule has 5 rings (SSSR count). The van der Waals surface area contributed by atoms with Crippen molar-refractivity contribution in [3.63, 3.8) is 0 Å². The second-order valence-corrected chi connectivity index (χ2v) is 9.49. The second kappa shape index (κ2) is 12.1. The number of aliphatic hydroxyl groups is 1. The molecule has 15 heteroatoms. The van der Waals surface area contributed by atoms with Crippen LogP contribution >= 0.6 is 0 Å². The SMILES string of the molecule is COc1cc(C(=O)NC2CCOCC2)c(F)cc1Nc1ncc(C(F)(F)F)c(Oc2cccc3c2C(O)N(OC)C3)n1. The largest absolute Gasteiger partial charge is 0.495 e. The van der Waals surface area contributed by atoms with Gasteiger partial charge in [0.1, 0.15) is 22.9 Å². The minimum atomic E-state index is -4.88. The third-order valence-corrected chi connectivity index (χ3v) is 6.85. The molecule has 3 N–H and O–H groups in total. The van der Waals surface area contributed by atoms with Gasteiger partial charge in [-0.2, -0.15) is 23.2 Å². The number of amides is 1. The van der Waals surface area contributed by atoms with Gasteiger partial charge >= 0.3 is 6.18 Å². The van der Waals surface area contributed by atoms with Crippen molar-refractivity contribution in [3.8, 4) is 17.4 Å². The van der Waals surface area contributed by atoms with Gasteiger partial charge in [-0.25, -0.2) is 9.37 Å². The molecule has 2 aromatic carbocycles. The van der Waals surface area contributed by atoms with Crippen LogP contribution in [0.5, 0.6) is 17.4 Å². The number of hydrogen-bond donors (Lipinski definition) is 3. The number of rotatable bonds is 8. The summed E-state index contributed by atoms with van der Waals surface area (Å²) in [6, 6.07) is 6.58. The molecule has 2 aliphatic heterocycles. The summed E-state index contributed by atoms with van der Waals surface area (Å²) in [5, 5.41) is 17.2. The van der Waals surface area contributed by atoms with Crippen molar-refractivity contribution in [2.75, 3.05) is 32.8 Å². The lowest BCUT2D eigenvalue weighted by atomic mass is 10.1. The number of ether oxygens (including phenoxy) is 3. The maximum atomic E-state index is 15.1. The lowest BCUT2D eigenvalue weighted by Gasteiger charge is -2.23. The molecule has 2 aliphatic rings. The fourth-order valence-corrected chi connectivity index (χ4v) is 4.69. The monoisotopic (exact) mass is 593 g/mol. The third-order valence-electron chi connectivity index (χ3n) is 6.85. The fraction of sp³-hybridized carbons (Fsp3) is 0.370. The van der Waals surface area contributed by atoms with E-state index in [4.69, 9.17) is 19.0 Å². The summed E-state index contributed by atoms with van der Waals surface area (Å²) in [6.45, 7) is 1.15. The van der Waals surface area contributed by atoms with Gasteiger partial charge in [-0.1, -0.05) is 12.1 Å². The van der Waals surface area contributed by atoms with Gasteiger partial charge in [-0.15, -0.1) is 0 Å². The Morgan fingerprint density at radius 2 is 1.93 bits per heavy atom. The van der Waals surface area contributed by atoms with Crippen LogP contribution in [0.3, 0.4) is 0 Å². The number of methoxy groups -OCH3 is 1. The summed E-state index contributed by atoms with van der Waals surface area (Å²) in [6.07, 6.45) is -4.47. The highest BCUT2D eigenvalue weighted by atomic mass is 19.4. The number of aromatic nitrogens is 2. The standard InChI is InChI=1S/C27H27F4N5O6/c1-39-21-10-16(23(37)33-15-6-8-41-9-7-15)18(28)11-19(21)34-26-32-12-17(27(29,30)31)24(35-26)42-20-5-3-4-14-13-36(40-2)25(38)22(14)20/h3-5,10-12,15,25,38H,6-9,13H2,1-2H3,(H,33,37)(H,32,34,35). The maximum absolute atomic E-state index is 15.1. The van der Waals surface area contributed by atoms with Crippen molar-refractivity contribution in [1.29, 1.82) is 0 Å². The van der Waals surface area contributed by atoms with Crippen LogP contribution in [-0.4, -0.2) is 59.5 Å². The fourth-order valence-electron chi connectivity index (χ4n) is 4.69. The van der Waals surface area contributed by atoms with Crippen LogP contribution in [-0.2, 0) is 22.3 Å². The molecule has 0 radical (unpaired) electrons. The van der Waals surface area contributed by atoms with Crippen LogP contribution in [0.1, 0.15) is 46.1 Å². The van der Waals surface area contributed by atoms with E-state index in [0.717, 1.165) is 6.07 Å². The summed E-state index contributed by atoms with van der Waals surface area (Å²) in [7, 11) is 2.63. The number of nitrogens with one attached hydrogen (secondary N) is 2. The van der Waals surface area contributed by atoms with Gasteiger partial charge in [-0.3, -0.25) is 9.63 Å². The van der Waals surface area contributed by atoms with Gasteiger partial charge in [0.05, 0.1) is 32.0 Å². The number of benzene rings is 2. The van der Waals surface area contributed by atoms with Gasteiger partial charge in [-0.05, 0) is 30.5 Å². The lowest BCUT2D eigenvalue weighted by molar-refractivity contribution is -0.219. The molecule has 0 aliphatic carbocycles. The molecule has 3 aromatic rings. The van der Waals surface area contributed by atoms with E-state index in [1.807, 2.05) is 0 Å². The van der Waals surface area contributed by atoms with E-state index in [0.29, 0.717) is 37.8 Å². The summed E-state index contributed by atoms with van der Waals surface area (Å²) in [5.41, 5.74) is -0.791. The Morgan fingerprint density at radius 3 is 2.62 bits per heavy atom. The van der Waals surface area contributed by atoms with Crippen molar-refractivity contribution in [3.05, 3.63) is 64.6 Å². The van der Waals surface area contributed by atoms with Gasteiger partial charge in [0.15, 0.2) is 6.23 Å². The van der Waals surface area contributed by atoms with Gasteiger partial charge in [0.25, 0.3) is 5.91 Å². The highest BCUT2D eigenvalue weighted by Gasteiger charge is 2.38. The topological polar surface area (TPSA) is 127 Å². The Balaban J connectivity index is 1.44. The first kappa shape index (κ1) is 29.4. The molecule has 1 saturated heterocycles. The first-order valence-electron chi connectivity index (χ1n) is 12.8. The molecular weight excluding hydrogens is 566 g/mol. The van der Waals surface area contributed by atoms with Crippen LogP contribution in [0, 0.1) is 5.82 Å². The van der Waals surface area contributed by atoms with Crippen molar-refractivity contribution < 1.29 is 46.5 Å². The minimum Gasteiger partial charge on any atom is -0.495 e. The molecule has 1 aromatic heterocycles. The Hall–Kier alpha value is -4.05. The highest BCUT2D eigenvalue weighted by molar-refractivity contribution is 5.96. The van der Waals surface area contributed by atoms with Crippen molar-refractivity contribution in [2.24, 2.45) is 0 Å². The summed E-state index contributed by atoms with van der Waals surface area (Å²) >= 11 is 0. The summed E-state index contributed by atoms with van der Waals surface area (Å²) in [4.78, 5) is 25.5. The molecule has 0 spiro atoms. The summed E-state index contributed by atoms with van der Waals surface area (Å²) in [5.74, 6) is -2.83. The summed E-state index contributed by atoms with van der Waals surface area (Å²) < 4.78 is 72.8. The number of alkyl halides is 3. The van der Waals surface area contributed by atoms with Crippen molar-refractivity contribution in [1.82, 2.24) is 20.3 Å². The zero-order chi connectivity index (χ0) is 30.0. The maximum Gasteiger partial charge on any atom is 0.423 e. The quantitative estimate of drug-likeness (QED) is 0.322. The number of carbonyl (C=O) groups is 1. The van der Waals surface area contributed by atoms with Crippen LogP contribution in [0.2, 0.25) is 0 Å². The lowest BCUT2D eigenvalue weighted by Crippen LogP contribution is -2.39. The molecular formula is C27H27F4N5O6. The number of hydroxylamine groups is 2. The normalized spacial score (nSPS) is 17.5. The van der Waals surface area contributed by atoms with Crippen LogP contribution in [0.25, 0.3) is 0 Å². The number of halogens is 4. The Kier molecular flexibility index (Phi) is 8.45. The molecule has 3 heterocycles. The number of fused-ring (bicyclic) bond motifs is 1. The number of hydrogen-bond acceptors (Lipinski definition) is 10. The Morgan fingerprint density at radius 1 is 1.17 bits per heavy atom. The van der Waals surface area contributed by atoms with Gasteiger partial charge in [0.2, 0.25) is 11.8 Å². The number of anilines is 2. The minimum absolute atomic E-state index is 0.0168. The molecule has 1 fully saturated rings. The van der Waals surface area contributed by atoms with E-state index in [1.54, 1.807) is 12.1 Å². The molecule has 1 atom stereocenters. The smallest absolute Gasteiger partial charge is 0.423 e. The number of aliphatic hydroxyl groups excluding tert-OH is 1. The third kappa shape index (κ3) is 6.09. The molecule has 0 saturated carbocycles. The van der Waals surface area contributed by atoms with Crippen LogP contribution < -0.4 is 20.1 Å². The highest BCUT2D eigenvalue weighted by Crippen LogP contribution is 2.43. The van der Waals surface area contributed by atoms with Crippen molar-refractivity contribution in [2.45, 2.75) is 37.8 Å². The average Bonchev–Trinajstić information content (AvgIpc) is 3.29. The Bertz CT molecular complexity index is 1470. The average molecular weight is 594 g/mol. The van der Waals surface area contributed by atoms with E-state index < -0.39 is 35.6 Å². The van der Waals surface area contributed by atoms with E-state index in [2.05, 4.69) is 20.6 Å². The predicted octanol–water partition coefficient (Wildman–Crippen LogP) is 4.46. The first-order chi connectivity index (χ1) is 20.1. The zero-order valence-corrected chi connectivity index (χ0v) is 22.5. The van der Waals surface area contributed by atoms with E-state index in [-0.39, 0.29) is 46.8 Å². The van der Waals surface area contributed by atoms with E-state index >= 15 is 4.39 Å². The van der Waals surface area contributed by atoms with Crippen LogP contribution in [0.15, 0.2) is 36.5 Å². The second-order valence-electron chi connectivity index (χ2n) is 9.49. The Labute approximate surface area is 237 Å². The molecule has 1 amide bonds. The number of carbonyl (C=O) groups excluding carboxylic acids is 1. The zero-order valence-electron chi connectivity index (χ0n) is 22.5. The molecule has 0 bridgehead atoms. The van der Waals surface area contributed by atoms with Gasteiger partial charge < -0.3 is 30.0 Å². The molecule has 224 valence electrons. The van der Waals surface area contributed by atoms with E-state index in [1.165, 1.54) is 31.4 Å². The molecule has 1 unspecified atom stereocenters. The molecule has 42 heavy (non-hydrogen) atoms.